The highest BCUT2D eigenvalue weighted by Gasteiger charge is 2.21. The van der Waals surface area contributed by atoms with Crippen molar-refractivity contribution < 1.29 is 13.7 Å². The fourth-order valence-corrected chi connectivity index (χ4v) is 3.00. The summed E-state index contributed by atoms with van der Waals surface area (Å²) in [6, 6.07) is 5.72. The topological polar surface area (TPSA) is 77.4 Å². The monoisotopic (exact) mass is 340 g/mol. The molecule has 4 rings (SSSR count). The van der Waals surface area contributed by atoms with Gasteiger partial charge in [-0.15, -0.1) is 0 Å². The Labute approximate surface area is 145 Å². The molecule has 25 heavy (non-hydrogen) atoms. The second-order valence-electron chi connectivity index (χ2n) is 6.17. The van der Waals surface area contributed by atoms with Crippen molar-refractivity contribution in [3.05, 3.63) is 54.6 Å². The number of aromatic nitrogens is 3. The van der Waals surface area contributed by atoms with Crippen molar-refractivity contribution in [3.63, 3.8) is 0 Å². The number of pyridine rings is 1. The van der Waals surface area contributed by atoms with Crippen LogP contribution >= 0.6 is 0 Å². The Bertz CT molecular complexity index is 765. The first-order valence-electron chi connectivity index (χ1n) is 8.45. The number of hydrogen-bond acceptors (Lipinski definition) is 7. The van der Waals surface area contributed by atoms with E-state index in [0.29, 0.717) is 18.3 Å². The molecule has 3 aromatic heterocycles. The lowest BCUT2D eigenvalue weighted by Gasteiger charge is -2.31. The maximum atomic E-state index is 5.95. The molecule has 1 saturated heterocycles. The third kappa shape index (κ3) is 4.12. The van der Waals surface area contributed by atoms with E-state index >= 15 is 0 Å². The SMILES string of the molecule is c1cc(-c2noc(COC3CCN(Cc4ccoc4)CC3)n2)ccn1. The van der Waals surface area contributed by atoms with E-state index in [2.05, 4.69) is 20.0 Å². The van der Waals surface area contributed by atoms with Gasteiger partial charge in [-0.3, -0.25) is 9.88 Å². The molecule has 0 amide bonds. The number of ether oxygens (including phenoxy) is 1. The van der Waals surface area contributed by atoms with E-state index in [0.717, 1.165) is 38.0 Å². The van der Waals surface area contributed by atoms with Crippen LogP contribution in [-0.4, -0.2) is 39.2 Å². The third-order valence-corrected chi connectivity index (χ3v) is 4.37. The molecule has 0 aliphatic carbocycles. The molecular weight excluding hydrogens is 320 g/mol. The molecule has 0 N–H and O–H groups in total. The molecular formula is C18H20N4O3. The number of likely N-dealkylation sites (tertiary alicyclic amines) is 1. The maximum absolute atomic E-state index is 5.95. The normalized spacial score (nSPS) is 16.3. The summed E-state index contributed by atoms with van der Waals surface area (Å²) in [5.74, 6) is 1.07. The van der Waals surface area contributed by atoms with Crippen LogP contribution in [0.15, 0.2) is 52.1 Å². The molecule has 0 aromatic carbocycles. The van der Waals surface area contributed by atoms with E-state index in [1.807, 2.05) is 18.2 Å². The highest BCUT2D eigenvalue weighted by atomic mass is 16.5. The zero-order valence-electron chi connectivity index (χ0n) is 13.9. The molecule has 1 aliphatic rings. The quantitative estimate of drug-likeness (QED) is 0.683. The summed E-state index contributed by atoms with van der Waals surface area (Å²) in [5, 5.41) is 3.99. The van der Waals surface area contributed by atoms with E-state index < -0.39 is 0 Å². The number of nitrogens with zero attached hydrogens (tertiary/aromatic N) is 4. The van der Waals surface area contributed by atoms with E-state index in [9.17, 15) is 0 Å². The smallest absolute Gasteiger partial charge is 0.252 e. The van der Waals surface area contributed by atoms with Crippen LogP contribution in [0, 0.1) is 0 Å². The van der Waals surface area contributed by atoms with Crippen LogP contribution in [0.1, 0.15) is 24.3 Å². The lowest BCUT2D eigenvalue weighted by molar-refractivity contribution is -0.0137. The average molecular weight is 340 g/mol. The lowest BCUT2D eigenvalue weighted by atomic mass is 10.1. The van der Waals surface area contributed by atoms with Crippen LogP contribution in [0.25, 0.3) is 11.4 Å². The second-order valence-corrected chi connectivity index (χ2v) is 6.17. The van der Waals surface area contributed by atoms with Gasteiger partial charge in [0.1, 0.15) is 6.61 Å². The molecule has 0 bridgehead atoms. The summed E-state index contributed by atoms with van der Waals surface area (Å²) in [7, 11) is 0. The molecule has 130 valence electrons. The maximum Gasteiger partial charge on any atom is 0.252 e. The first kappa shape index (κ1) is 16.0. The summed E-state index contributed by atoms with van der Waals surface area (Å²) in [4.78, 5) is 10.8. The molecule has 0 saturated carbocycles. The summed E-state index contributed by atoms with van der Waals surface area (Å²) in [6.45, 7) is 3.32. The Balaban J connectivity index is 1.24. The molecule has 0 spiro atoms. The zero-order chi connectivity index (χ0) is 16.9. The fraction of sp³-hybridized carbons (Fsp3) is 0.389. The van der Waals surface area contributed by atoms with Crippen molar-refractivity contribution >= 4 is 0 Å². The van der Waals surface area contributed by atoms with Crippen LogP contribution in [0.3, 0.4) is 0 Å². The minimum atomic E-state index is 0.233. The highest BCUT2D eigenvalue weighted by molar-refractivity contribution is 5.52. The third-order valence-electron chi connectivity index (χ3n) is 4.37. The van der Waals surface area contributed by atoms with Crippen LogP contribution in [0.2, 0.25) is 0 Å². The molecule has 0 atom stereocenters. The van der Waals surface area contributed by atoms with Crippen molar-refractivity contribution in [2.75, 3.05) is 13.1 Å². The van der Waals surface area contributed by atoms with E-state index in [4.69, 9.17) is 13.7 Å². The predicted octanol–water partition coefficient (Wildman–Crippen LogP) is 2.91. The Morgan fingerprint density at radius 2 is 2.00 bits per heavy atom. The minimum Gasteiger partial charge on any atom is -0.472 e. The summed E-state index contributed by atoms with van der Waals surface area (Å²) in [6.07, 6.45) is 9.18. The van der Waals surface area contributed by atoms with E-state index in [-0.39, 0.29) is 6.10 Å². The average Bonchev–Trinajstić information content (AvgIpc) is 3.34. The van der Waals surface area contributed by atoms with Crippen molar-refractivity contribution in [2.24, 2.45) is 0 Å². The van der Waals surface area contributed by atoms with Crippen LogP contribution in [-0.2, 0) is 17.9 Å². The van der Waals surface area contributed by atoms with Crippen LogP contribution < -0.4 is 0 Å². The van der Waals surface area contributed by atoms with Gasteiger partial charge in [-0.05, 0) is 31.0 Å². The Morgan fingerprint density at radius 1 is 1.16 bits per heavy atom. The van der Waals surface area contributed by atoms with Gasteiger partial charge in [-0.25, -0.2) is 0 Å². The van der Waals surface area contributed by atoms with Gasteiger partial charge in [0.2, 0.25) is 5.82 Å². The second kappa shape index (κ2) is 7.58. The molecule has 4 heterocycles. The first-order chi connectivity index (χ1) is 12.4. The van der Waals surface area contributed by atoms with Gasteiger partial charge in [-0.2, -0.15) is 4.98 Å². The predicted molar refractivity (Wildman–Crippen MR) is 89.3 cm³/mol. The first-order valence-corrected chi connectivity index (χ1v) is 8.45. The van der Waals surface area contributed by atoms with Gasteiger partial charge in [0.05, 0.1) is 18.6 Å². The minimum absolute atomic E-state index is 0.233. The van der Waals surface area contributed by atoms with Gasteiger partial charge in [0.25, 0.3) is 5.89 Å². The zero-order valence-corrected chi connectivity index (χ0v) is 13.9. The Morgan fingerprint density at radius 3 is 2.76 bits per heavy atom. The van der Waals surface area contributed by atoms with Gasteiger partial charge >= 0.3 is 0 Å². The highest BCUT2D eigenvalue weighted by Crippen LogP contribution is 2.19. The fourth-order valence-electron chi connectivity index (χ4n) is 3.00. The molecule has 1 fully saturated rings. The van der Waals surface area contributed by atoms with Gasteiger partial charge in [0, 0.05) is 43.2 Å². The van der Waals surface area contributed by atoms with Crippen molar-refractivity contribution in [1.82, 2.24) is 20.0 Å². The van der Waals surface area contributed by atoms with E-state index in [1.165, 1.54) is 5.56 Å². The summed E-state index contributed by atoms with van der Waals surface area (Å²) in [5.41, 5.74) is 2.10. The van der Waals surface area contributed by atoms with Crippen molar-refractivity contribution in [1.29, 1.82) is 0 Å². The van der Waals surface area contributed by atoms with Gasteiger partial charge in [0.15, 0.2) is 0 Å². The Kier molecular flexibility index (Phi) is 4.85. The lowest BCUT2D eigenvalue weighted by Crippen LogP contribution is -2.36. The summed E-state index contributed by atoms with van der Waals surface area (Å²) >= 11 is 0. The molecule has 3 aromatic rings. The molecule has 0 radical (unpaired) electrons. The standard InChI is InChI=1S/C18H20N4O3/c1-6-19-7-2-15(1)18-20-17(25-21-18)13-24-16-3-8-22(9-4-16)11-14-5-10-23-12-14/h1-2,5-7,10,12,16H,3-4,8-9,11,13H2. The van der Waals surface area contributed by atoms with E-state index in [1.54, 1.807) is 24.9 Å². The number of rotatable bonds is 6. The number of furan rings is 1. The van der Waals surface area contributed by atoms with Crippen molar-refractivity contribution in [2.45, 2.75) is 32.1 Å². The molecule has 1 aliphatic heterocycles. The molecule has 7 heteroatoms. The van der Waals surface area contributed by atoms with Crippen molar-refractivity contribution in [3.8, 4) is 11.4 Å². The van der Waals surface area contributed by atoms with Gasteiger partial charge < -0.3 is 13.7 Å². The molecule has 0 unspecified atom stereocenters. The van der Waals surface area contributed by atoms with Crippen LogP contribution in [0.5, 0.6) is 0 Å². The Hall–Kier alpha value is -2.51. The van der Waals surface area contributed by atoms with Crippen LogP contribution in [0.4, 0.5) is 0 Å². The number of piperidine rings is 1. The molecule has 7 nitrogen and oxygen atoms in total. The van der Waals surface area contributed by atoms with Gasteiger partial charge in [-0.1, -0.05) is 5.16 Å². The number of hydrogen-bond donors (Lipinski definition) is 0. The largest absolute Gasteiger partial charge is 0.472 e. The summed E-state index contributed by atoms with van der Waals surface area (Å²) < 4.78 is 16.3.